The van der Waals surface area contributed by atoms with Crippen molar-refractivity contribution in [2.75, 3.05) is 6.61 Å². The summed E-state index contributed by atoms with van der Waals surface area (Å²) in [5.74, 6) is -1.01. The predicted molar refractivity (Wildman–Crippen MR) is 177 cm³/mol. The van der Waals surface area contributed by atoms with E-state index < -0.39 is 18.0 Å². The molecule has 1 atom stereocenters. The standard InChI is InChI=1S/C36H27ClN2O6S/c1-2-44-35(43)30-31(23-8-4-3-5-9-23)38-36-39(32(30)24-16-18-27(37)19-17-24)33(40)29(46-36)20-26-10-6-7-11-28(26)45-21-22-12-14-25(15-13-22)34(41)42/h3-20,32H,2,21H2,1H3,(H,41,42)/b29-20-/t32-/m1/s1. The molecule has 2 heterocycles. The number of halogens is 1. The highest BCUT2D eigenvalue weighted by molar-refractivity contribution is 7.07. The lowest BCUT2D eigenvalue weighted by Gasteiger charge is -2.25. The average molecular weight is 651 g/mol. The third-order valence-electron chi connectivity index (χ3n) is 7.36. The van der Waals surface area contributed by atoms with Gasteiger partial charge >= 0.3 is 11.9 Å². The van der Waals surface area contributed by atoms with Gasteiger partial charge in [0.1, 0.15) is 12.4 Å². The summed E-state index contributed by atoms with van der Waals surface area (Å²) in [5.41, 5.74) is 3.43. The van der Waals surface area contributed by atoms with Crippen LogP contribution in [0.15, 0.2) is 118 Å². The number of hydrogen-bond acceptors (Lipinski definition) is 7. The maximum absolute atomic E-state index is 14.2. The quantitative estimate of drug-likeness (QED) is 0.200. The molecule has 1 aliphatic heterocycles. The highest BCUT2D eigenvalue weighted by Gasteiger charge is 2.35. The summed E-state index contributed by atoms with van der Waals surface area (Å²) in [5, 5.41) is 9.70. The summed E-state index contributed by atoms with van der Waals surface area (Å²) in [6, 6.07) is 29.4. The fourth-order valence-electron chi connectivity index (χ4n) is 5.18. The number of carboxylic acids is 1. The summed E-state index contributed by atoms with van der Waals surface area (Å²) in [4.78, 5) is 44.3. The maximum atomic E-state index is 14.2. The molecule has 1 aliphatic rings. The average Bonchev–Trinajstić information content (AvgIpc) is 3.38. The lowest BCUT2D eigenvalue weighted by atomic mass is 9.93. The van der Waals surface area contributed by atoms with Crippen LogP contribution in [0.1, 0.15) is 45.6 Å². The van der Waals surface area contributed by atoms with Crippen molar-refractivity contribution in [1.29, 1.82) is 0 Å². The number of nitrogens with zero attached hydrogens (tertiary/aromatic N) is 2. The SMILES string of the molecule is CCOC(=O)C1=C(c2ccccc2)N=c2s/c(=C\c3ccccc3OCc3ccc(C(=O)O)cc3)c(=O)n2[C@@H]1c1ccc(Cl)cc1. The van der Waals surface area contributed by atoms with Crippen LogP contribution in [0.4, 0.5) is 0 Å². The molecule has 0 fully saturated rings. The van der Waals surface area contributed by atoms with Gasteiger partial charge in [-0.05, 0) is 54.5 Å². The molecule has 5 aromatic rings. The molecule has 0 aliphatic carbocycles. The van der Waals surface area contributed by atoms with Gasteiger partial charge in [0, 0.05) is 16.1 Å². The van der Waals surface area contributed by atoms with E-state index in [1.165, 1.54) is 28.0 Å². The zero-order chi connectivity index (χ0) is 32.2. The zero-order valence-electron chi connectivity index (χ0n) is 24.6. The van der Waals surface area contributed by atoms with Crippen molar-refractivity contribution < 1.29 is 24.2 Å². The van der Waals surface area contributed by atoms with Gasteiger partial charge in [-0.25, -0.2) is 14.6 Å². The second kappa shape index (κ2) is 13.4. The van der Waals surface area contributed by atoms with E-state index in [1.54, 1.807) is 55.5 Å². The Bertz CT molecular complexity index is 2140. The number of fused-ring (bicyclic) bond motifs is 1. The van der Waals surface area contributed by atoms with Gasteiger partial charge < -0.3 is 14.6 Å². The number of para-hydroxylation sites is 1. The molecule has 46 heavy (non-hydrogen) atoms. The van der Waals surface area contributed by atoms with Gasteiger partial charge in [-0.2, -0.15) is 0 Å². The summed E-state index contributed by atoms with van der Waals surface area (Å²) < 4.78 is 13.6. The summed E-state index contributed by atoms with van der Waals surface area (Å²) in [7, 11) is 0. The van der Waals surface area contributed by atoms with Crippen molar-refractivity contribution in [3.05, 3.63) is 161 Å². The van der Waals surface area contributed by atoms with Gasteiger partial charge in [0.2, 0.25) is 0 Å². The fourth-order valence-corrected chi connectivity index (χ4v) is 6.30. The van der Waals surface area contributed by atoms with Crippen LogP contribution in [0.3, 0.4) is 0 Å². The predicted octanol–water partition coefficient (Wildman–Crippen LogP) is 5.87. The topological polar surface area (TPSA) is 107 Å². The van der Waals surface area contributed by atoms with Gasteiger partial charge in [0.25, 0.3) is 5.56 Å². The molecule has 1 N–H and O–H groups in total. The third kappa shape index (κ3) is 6.28. The molecule has 0 saturated carbocycles. The van der Waals surface area contributed by atoms with Crippen molar-refractivity contribution in [3.8, 4) is 5.75 Å². The second-order valence-corrected chi connectivity index (χ2v) is 11.8. The van der Waals surface area contributed by atoms with Crippen molar-refractivity contribution in [3.63, 3.8) is 0 Å². The molecule has 0 amide bonds. The third-order valence-corrected chi connectivity index (χ3v) is 8.60. The van der Waals surface area contributed by atoms with E-state index in [-0.39, 0.29) is 29.9 Å². The maximum Gasteiger partial charge on any atom is 0.338 e. The molecule has 1 aromatic heterocycles. The van der Waals surface area contributed by atoms with Crippen LogP contribution >= 0.6 is 22.9 Å². The molecule has 230 valence electrons. The monoisotopic (exact) mass is 650 g/mol. The first-order chi connectivity index (χ1) is 22.3. The normalized spacial score (nSPS) is 14.4. The van der Waals surface area contributed by atoms with Gasteiger partial charge in [-0.3, -0.25) is 9.36 Å². The van der Waals surface area contributed by atoms with Crippen LogP contribution in [0, 0.1) is 0 Å². The van der Waals surface area contributed by atoms with E-state index in [0.29, 0.717) is 36.9 Å². The van der Waals surface area contributed by atoms with E-state index in [2.05, 4.69) is 0 Å². The Morgan fingerprint density at radius 2 is 1.65 bits per heavy atom. The number of carbonyl (C=O) groups is 2. The van der Waals surface area contributed by atoms with Gasteiger partial charge in [0.15, 0.2) is 4.80 Å². The lowest BCUT2D eigenvalue weighted by Crippen LogP contribution is -2.40. The first-order valence-corrected chi connectivity index (χ1v) is 15.6. The van der Waals surface area contributed by atoms with Crippen molar-refractivity contribution in [1.82, 2.24) is 4.57 Å². The van der Waals surface area contributed by atoms with Crippen LogP contribution in [0.25, 0.3) is 11.8 Å². The van der Waals surface area contributed by atoms with E-state index in [1.807, 2.05) is 48.5 Å². The number of benzene rings is 4. The van der Waals surface area contributed by atoms with Crippen molar-refractivity contribution >= 4 is 46.6 Å². The molecular formula is C36H27ClN2O6S. The summed E-state index contributed by atoms with van der Waals surface area (Å²) >= 11 is 7.44. The Morgan fingerprint density at radius 1 is 0.957 bits per heavy atom. The minimum atomic E-state index is -0.997. The number of aromatic carboxylic acids is 1. The van der Waals surface area contributed by atoms with Crippen LogP contribution in [0.5, 0.6) is 5.75 Å². The molecule has 0 spiro atoms. The number of hydrogen-bond donors (Lipinski definition) is 1. The fraction of sp³-hybridized carbons (Fsp3) is 0.111. The van der Waals surface area contributed by atoms with E-state index in [0.717, 1.165) is 11.1 Å². The molecule has 10 heteroatoms. The van der Waals surface area contributed by atoms with E-state index in [4.69, 9.17) is 26.1 Å². The number of ether oxygens (including phenoxy) is 2. The Kier molecular flexibility index (Phi) is 8.96. The molecule has 8 nitrogen and oxygen atoms in total. The molecule has 0 unspecified atom stereocenters. The van der Waals surface area contributed by atoms with E-state index in [9.17, 15) is 19.5 Å². The number of carboxylic acid groups (broad SMARTS) is 1. The van der Waals surface area contributed by atoms with Crippen LogP contribution in [-0.4, -0.2) is 28.2 Å². The van der Waals surface area contributed by atoms with Crippen LogP contribution in [-0.2, 0) is 16.1 Å². The van der Waals surface area contributed by atoms with Gasteiger partial charge in [0.05, 0.1) is 34.0 Å². The molecule has 0 saturated heterocycles. The summed E-state index contributed by atoms with van der Waals surface area (Å²) in [6.45, 7) is 2.09. The second-order valence-electron chi connectivity index (χ2n) is 10.3. The Balaban J connectivity index is 1.48. The molecule has 0 bridgehead atoms. The molecule has 6 rings (SSSR count). The number of esters is 1. The molecule has 0 radical (unpaired) electrons. The Morgan fingerprint density at radius 3 is 2.35 bits per heavy atom. The highest BCUT2D eigenvalue weighted by atomic mass is 35.5. The Hall–Kier alpha value is -5.25. The minimum absolute atomic E-state index is 0.155. The van der Waals surface area contributed by atoms with Crippen molar-refractivity contribution in [2.45, 2.75) is 19.6 Å². The number of carbonyl (C=O) groups excluding carboxylic acids is 1. The number of rotatable bonds is 9. The first kappa shape index (κ1) is 30.8. The van der Waals surface area contributed by atoms with Gasteiger partial charge in [-0.1, -0.05) is 95.7 Å². The molecule has 4 aromatic carbocycles. The van der Waals surface area contributed by atoms with Gasteiger partial charge in [-0.15, -0.1) is 0 Å². The molecular weight excluding hydrogens is 624 g/mol. The Labute approximate surface area is 272 Å². The lowest BCUT2D eigenvalue weighted by molar-refractivity contribution is -0.138. The van der Waals surface area contributed by atoms with Crippen LogP contribution in [0.2, 0.25) is 5.02 Å². The van der Waals surface area contributed by atoms with Crippen molar-refractivity contribution in [2.24, 2.45) is 4.99 Å². The summed E-state index contributed by atoms with van der Waals surface area (Å²) in [6.07, 6.45) is 1.75. The highest BCUT2D eigenvalue weighted by Crippen LogP contribution is 2.35. The number of thiazole rings is 1. The first-order valence-electron chi connectivity index (χ1n) is 14.4. The van der Waals surface area contributed by atoms with Crippen LogP contribution < -0.4 is 19.6 Å². The largest absolute Gasteiger partial charge is 0.488 e. The number of aromatic nitrogens is 1. The van der Waals surface area contributed by atoms with E-state index >= 15 is 0 Å². The smallest absolute Gasteiger partial charge is 0.338 e. The zero-order valence-corrected chi connectivity index (χ0v) is 26.1. The minimum Gasteiger partial charge on any atom is -0.488 e.